The number of nitrogens with one attached hydrogen (secondary N) is 1. The third-order valence-corrected chi connectivity index (χ3v) is 2.96. The Labute approximate surface area is 124 Å². The number of amides is 1. The van der Waals surface area contributed by atoms with Crippen LogP contribution in [0.4, 0.5) is 11.5 Å². The van der Waals surface area contributed by atoms with E-state index < -0.39 is 0 Å². The van der Waals surface area contributed by atoms with Crippen LogP contribution in [0.1, 0.15) is 25.3 Å². The van der Waals surface area contributed by atoms with E-state index in [9.17, 15) is 4.79 Å². The lowest BCUT2D eigenvalue weighted by atomic mass is 10.0. The van der Waals surface area contributed by atoms with Gasteiger partial charge in [0.15, 0.2) is 6.61 Å². The summed E-state index contributed by atoms with van der Waals surface area (Å²) in [4.78, 5) is 15.7. The van der Waals surface area contributed by atoms with Crippen LogP contribution >= 0.6 is 0 Å². The molecule has 0 radical (unpaired) electrons. The van der Waals surface area contributed by atoms with Gasteiger partial charge in [-0.3, -0.25) is 4.79 Å². The van der Waals surface area contributed by atoms with Crippen molar-refractivity contribution in [3.05, 3.63) is 48.2 Å². The van der Waals surface area contributed by atoms with Gasteiger partial charge in [0.25, 0.3) is 5.91 Å². The molecule has 0 unspecified atom stereocenters. The van der Waals surface area contributed by atoms with E-state index in [2.05, 4.69) is 24.1 Å². The number of anilines is 2. The van der Waals surface area contributed by atoms with Crippen molar-refractivity contribution >= 4 is 17.4 Å². The molecule has 1 heterocycles. The molecule has 0 fully saturated rings. The van der Waals surface area contributed by atoms with E-state index in [-0.39, 0.29) is 12.5 Å². The quantitative estimate of drug-likeness (QED) is 0.885. The lowest BCUT2D eigenvalue weighted by molar-refractivity contribution is -0.118. The van der Waals surface area contributed by atoms with Gasteiger partial charge in [-0.1, -0.05) is 26.0 Å². The molecule has 110 valence electrons. The average molecular weight is 285 g/mol. The first-order valence-electron chi connectivity index (χ1n) is 6.79. The number of aromatic nitrogens is 1. The number of carbonyl (C=O) groups is 1. The van der Waals surface area contributed by atoms with E-state index in [1.807, 2.05) is 24.3 Å². The molecule has 0 aliphatic rings. The second kappa shape index (κ2) is 6.74. The Hall–Kier alpha value is -2.56. The number of nitrogens with two attached hydrogens (primary N) is 1. The highest BCUT2D eigenvalue weighted by molar-refractivity contribution is 5.91. The molecular formula is C16H19N3O2. The number of nitrogens with zero attached hydrogens (tertiary/aromatic N) is 1. The van der Waals surface area contributed by atoms with Gasteiger partial charge in [0.2, 0.25) is 0 Å². The van der Waals surface area contributed by atoms with E-state index >= 15 is 0 Å². The van der Waals surface area contributed by atoms with Crippen molar-refractivity contribution in [2.24, 2.45) is 0 Å². The Morgan fingerprint density at radius 2 is 2.14 bits per heavy atom. The zero-order valence-electron chi connectivity index (χ0n) is 12.2. The maximum Gasteiger partial charge on any atom is 0.262 e. The van der Waals surface area contributed by atoms with Crippen molar-refractivity contribution in [1.29, 1.82) is 0 Å². The first-order valence-corrected chi connectivity index (χ1v) is 6.79. The number of nitrogen functional groups attached to an aromatic ring is 1. The monoisotopic (exact) mass is 285 g/mol. The first kappa shape index (κ1) is 14.8. The first-order chi connectivity index (χ1) is 10.0. The molecule has 21 heavy (non-hydrogen) atoms. The molecule has 0 saturated carbocycles. The maximum absolute atomic E-state index is 11.8. The van der Waals surface area contributed by atoms with Gasteiger partial charge in [-0.15, -0.1) is 0 Å². The molecule has 2 rings (SSSR count). The lowest BCUT2D eigenvalue weighted by Gasteiger charge is -2.10. The standard InChI is InChI=1S/C16H19N3O2/c1-11(2)12-4-3-5-14(8-12)21-10-16(20)19-13-6-7-15(17)18-9-13/h3-9,11H,10H2,1-2H3,(H2,17,18)(H,19,20). The molecule has 2 aromatic rings. The molecule has 1 aromatic carbocycles. The molecule has 0 bridgehead atoms. The zero-order chi connectivity index (χ0) is 15.2. The third-order valence-electron chi connectivity index (χ3n) is 2.96. The number of benzene rings is 1. The van der Waals surface area contributed by atoms with Gasteiger partial charge in [-0.25, -0.2) is 4.98 Å². The van der Waals surface area contributed by atoms with Gasteiger partial charge in [0, 0.05) is 0 Å². The minimum absolute atomic E-state index is 0.0497. The summed E-state index contributed by atoms with van der Waals surface area (Å²) in [6.45, 7) is 4.17. The largest absolute Gasteiger partial charge is 0.484 e. The van der Waals surface area contributed by atoms with Crippen LogP contribution in [0.15, 0.2) is 42.6 Å². The summed E-state index contributed by atoms with van der Waals surface area (Å²) >= 11 is 0. The molecule has 0 aliphatic carbocycles. The fraction of sp³-hybridized carbons (Fsp3) is 0.250. The predicted molar refractivity (Wildman–Crippen MR) is 83.3 cm³/mol. The van der Waals surface area contributed by atoms with E-state index in [1.165, 1.54) is 11.8 Å². The SMILES string of the molecule is CC(C)c1cccc(OCC(=O)Nc2ccc(N)nc2)c1. The highest BCUT2D eigenvalue weighted by Crippen LogP contribution is 2.20. The Kier molecular flexibility index (Phi) is 4.77. The van der Waals surface area contributed by atoms with Gasteiger partial charge in [0.05, 0.1) is 11.9 Å². The Bertz CT molecular complexity index is 609. The summed E-state index contributed by atoms with van der Waals surface area (Å²) in [5, 5.41) is 2.69. The molecule has 0 saturated heterocycles. The van der Waals surface area contributed by atoms with Crippen LogP contribution in [-0.2, 0) is 4.79 Å². The molecule has 1 aromatic heterocycles. The highest BCUT2D eigenvalue weighted by Gasteiger charge is 2.05. The summed E-state index contributed by atoms with van der Waals surface area (Å²) in [6, 6.07) is 11.1. The summed E-state index contributed by atoms with van der Waals surface area (Å²) in [5.41, 5.74) is 7.25. The molecule has 0 atom stereocenters. The highest BCUT2D eigenvalue weighted by atomic mass is 16.5. The van der Waals surface area contributed by atoms with Gasteiger partial charge >= 0.3 is 0 Å². The number of carbonyl (C=O) groups excluding carboxylic acids is 1. The third kappa shape index (κ3) is 4.49. The maximum atomic E-state index is 11.8. The van der Waals surface area contributed by atoms with Gasteiger partial charge in [0.1, 0.15) is 11.6 Å². The zero-order valence-corrected chi connectivity index (χ0v) is 12.2. The summed E-state index contributed by atoms with van der Waals surface area (Å²) in [7, 11) is 0. The Balaban J connectivity index is 1.89. The summed E-state index contributed by atoms with van der Waals surface area (Å²) < 4.78 is 5.50. The minimum atomic E-state index is -0.239. The smallest absolute Gasteiger partial charge is 0.262 e. The Morgan fingerprint density at radius 1 is 1.33 bits per heavy atom. The molecule has 5 heteroatoms. The second-order valence-corrected chi connectivity index (χ2v) is 5.04. The molecular weight excluding hydrogens is 266 g/mol. The lowest BCUT2D eigenvalue weighted by Crippen LogP contribution is -2.20. The predicted octanol–water partition coefficient (Wildman–Crippen LogP) is 2.80. The van der Waals surface area contributed by atoms with Crippen molar-refractivity contribution in [3.8, 4) is 5.75 Å². The summed E-state index contributed by atoms with van der Waals surface area (Å²) in [6.07, 6.45) is 1.51. The number of rotatable bonds is 5. The number of hydrogen-bond acceptors (Lipinski definition) is 4. The second-order valence-electron chi connectivity index (χ2n) is 5.04. The van der Waals surface area contributed by atoms with Crippen LogP contribution < -0.4 is 15.8 Å². The molecule has 1 amide bonds. The molecule has 3 N–H and O–H groups in total. The van der Waals surface area contributed by atoms with Crippen LogP contribution in [0.3, 0.4) is 0 Å². The van der Waals surface area contributed by atoms with Crippen molar-refractivity contribution < 1.29 is 9.53 Å². The van der Waals surface area contributed by atoms with Crippen LogP contribution in [0.2, 0.25) is 0 Å². The van der Waals surface area contributed by atoms with Gasteiger partial charge in [-0.05, 0) is 35.7 Å². The van der Waals surface area contributed by atoms with Crippen LogP contribution in [0.25, 0.3) is 0 Å². The van der Waals surface area contributed by atoms with E-state index in [0.29, 0.717) is 23.2 Å². The van der Waals surface area contributed by atoms with Crippen molar-refractivity contribution in [2.45, 2.75) is 19.8 Å². The van der Waals surface area contributed by atoms with Crippen molar-refractivity contribution in [2.75, 3.05) is 17.7 Å². The van der Waals surface area contributed by atoms with Crippen molar-refractivity contribution in [3.63, 3.8) is 0 Å². The average Bonchev–Trinajstić information content (AvgIpc) is 2.48. The van der Waals surface area contributed by atoms with E-state index in [1.54, 1.807) is 12.1 Å². The van der Waals surface area contributed by atoms with E-state index in [0.717, 1.165) is 0 Å². The van der Waals surface area contributed by atoms with Crippen molar-refractivity contribution in [1.82, 2.24) is 4.98 Å². The Morgan fingerprint density at radius 3 is 2.81 bits per heavy atom. The topological polar surface area (TPSA) is 77.2 Å². The minimum Gasteiger partial charge on any atom is -0.484 e. The normalized spacial score (nSPS) is 10.4. The fourth-order valence-electron chi connectivity index (χ4n) is 1.79. The van der Waals surface area contributed by atoms with Gasteiger partial charge < -0.3 is 15.8 Å². The number of hydrogen-bond donors (Lipinski definition) is 2. The van der Waals surface area contributed by atoms with Gasteiger partial charge in [-0.2, -0.15) is 0 Å². The molecule has 0 spiro atoms. The van der Waals surface area contributed by atoms with Crippen LogP contribution in [-0.4, -0.2) is 17.5 Å². The van der Waals surface area contributed by atoms with Crippen LogP contribution in [0, 0.1) is 0 Å². The number of ether oxygens (including phenoxy) is 1. The van der Waals surface area contributed by atoms with Crippen LogP contribution in [0.5, 0.6) is 5.75 Å². The van der Waals surface area contributed by atoms with E-state index in [4.69, 9.17) is 10.5 Å². The molecule has 0 aliphatic heterocycles. The number of pyridine rings is 1. The molecule has 5 nitrogen and oxygen atoms in total. The fourth-order valence-corrected chi connectivity index (χ4v) is 1.79. The summed E-state index contributed by atoms with van der Waals surface area (Å²) in [5.74, 6) is 1.28.